The second kappa shape index (κ2) is 4.49. The quantitative estimate of drug-likeness (QED) is 0.782. The van der Waals surface area contributed by atoms with Crippen LogP contribution in [-0.4, -0.2) is 13.4 Å². The lowest BCUT2D eigenvalue weighted by molar-refractivity contribution is 0.596. The molecule has 0 spiro atoms. The smallest absolute Gasteiger partial charge is 0.208 e. The van der Waals surface area contributed by atoms with Crippen molar-refractivity contribution >= 4 is 20.7 Å². The van der Waals surface area contributed by atoms with E-state index >= 15 is 0 Å². The van der Waals surface area contributed by atoms with E-state index in [-0.39, 0.29) is 0 Å². The van der Waals surface area contributed by atoms with Crippen LogP contribution in [0.25, 0.3) is 10.9 Å². The molecule has 2 aromatic carbocycles. The summed E-state index contributed by atoms with van der Waals surface area (Å²) in [6.07, 6.45) is 0. The minimum atomic E-state index is -3.51. The molecule has 20 heavy (non-hydrogen) atoms. The summed E-state index contributed by atoms with van der Waals surface area (Å²) in [5, 5.41) is 0.742. The van der Waals surface area contributed by atoms with Gasteiger partial charge in [0.25, 0.3) is 0 Å². The van der Waals surface area contributed by atoms with Crippen LogP contribution in [0.4, 0.5) is 0 Å². The monoisotopic (exact) mass is 285 g/mol. The zero-order valence-electron chi connectivity index (χ0n) is 11.3. The molecule has 3 nitrogen and oxygen atoms in total. The average Bonchev–Trinajstić information content (AvgIpc) is 2.75. The Morgan fingerprint density at radius 3 is 2.45 bits per heavy atom. The Morgan fingerprint density at radius 2 is 1.70 bits per heavy atom. The summed E-state index contributed by atoms with van der Waals surface area (Å²) in [5.41, 5.74) is 2.45. The highest BCUT2D eigenvalue weighted by molar-refractivity contribution is 7.91. The van der Waals surface area contributed by atoms with Crippen LogP contribution in [-0.2, 0) is 9.84 Å². The van der Waals surface area contributed by atoms with E-state index in [1.54, 1.807) is 25.1 Å². The van der Waals surface area contributed by atoms with E-state index in [1.165, 1.54) is 0 Å². The van der Waals surface area contributed by atoms with Crippen molar-refractivity contribution in [3.05, 3.63) is 59.8 Å². The number of rotatable bonds is 2. The van der Waals surface area contributed by atoms with Gasteiger partial charge in [0.05, 0.1) is 9.79 Å². The molecule has 0 fully saturated rings. The predicted octanol–water partition coefficient (Wildman–Crippen LogP) is 3.62. The van der Waals surface area contributed by atoms with Gasteiger partial charge in [-0.2, -0.15) is 0 Å². The van der Waals surface area contributed by atoms with Gasteiger partial charge in [-0.25, -0.2) is 8.42 Å². The molecular weight excluding hydrogens is 270 g/mol. The second-order valence-corrected chi connectivity index (χ2v) is 6.83. The van der Waals surface area contributed by atoms with Crippen LogP contribution in [0.1, 0.15) is 11.3 Å². The zero-order chi connectivity index (χ0) is 14.3. The summed E-state index contributed by atoms with van der Waals surface area (Å²) in [6.45, 7) is 3.68. The number of nitrogens with one attached hydrogen (secondary N) is 1. The van der Waals surface area contributed by atoms with Crippen LogP contribution in [0.5, 0.6) is 0 Å². The van der Waals surface area contributed by atoms with E-state index in [0.29, 0.717) is 15.5 Å². The highest BCUT2D eigenvalue weighted by Crippen LogP contribution is 2.31. The van der Waals surface area contributed by atoms with Gasteiger partial charge in [-0.3, -0.25) is 0 Å². The van der Waals surface area contributed by atoms with Crippen LogP contribution >= 0.6 is 0 Å². The number of para-hydroxylation sites is 1. The summed E-state index contributed by atoms with van der Waals surface area (Å²) in [5.74, 6) is 0. The van der Waals surface area contributed by atoms with Crippen molar-refractivity contribution in [3.8, 4) is 0 Å². The lowest BCUT2D eigenvalue weighted by atomic mass is 10.2. The molecule has 0 saturated heterocycles. The van der Waals surface area contributed by atoms with Crippen molar-refractivity contribution in [1.82, 2.24) is 4.98 Å². The molecule has 0 aliphatic heterocycles. The van der Waals surface area contributed by atoms with Crippen molar-refractivity contribution in [2.45, 2.75) is 23.6 Å². The summed E-state index contributed by atoms with van der Waals surface area (Å²) < 4.78 is 25.7. The Balaban J connectivity index is 2.32. The van der Waals surface area contributed by atoms with E-state index in [9.17, 15) is 8.42 Å². The molecule has 0 radical (unpaired) electrons. The summed E-state index contributed by atoms with van der Waals surface area (Å²) in [6, 6.07) is 14.5. The second-order valence-electron chi connectivity index (χ2n) is 4.94. The van der Waals surface area contributed by atoms with E-state index in [0.717, 1.165) is 16.5 Å². The number of fused-ring (bicyclic) bond motifs is 1. The van der Waals surface area contributed by atoms with Crippen LogP contribution in [0.2, 0.25) is 0 Å². The third-order valence-electron chi connectivity index (χ3n) is 3.40. The Labute approximate surface area is 118 Å². The van der Waals surface area contributed by atoms with Crippen molar-refractivity contribution in [2.24, 2.45) is 0 Å². The normalized spacial score (nSPS) is 11.9. The molecule has 102 valence electrons. The van der Waals surface area contributed by atoms with Gasteiger partial charge in [0.15, 0.2) is 0 Å². The van der Waals surface area contributed by atoms with Crippen molar-refractivity contribution in [1.29, 1.82) is 0 Å². The number of hydrogen-bond acceptors (Lipinski definition) is 2. The third kappa shape index (κ3) is 1.93. The summed E-state index contributed by atoms with van der Waals surface area (Å²) >= 11 is 0. The molecule has 1 aromatic heterocycles. The largest absolute Gasteiger partial charge is 0.358 e. The number of hydrogen-bond donors (Lipinski definition) is 1. The van der Waals surface area contributed by atoms with Crippen molar-refractivity contribution < 1.29 is 8.42 Å². The molecule has 0 atom stereocenters. The van der Waals surface area contributed by atoms with Crippen LogP contribution in [0.3, 0.4) is 0 Å². The predicted molar refractivity (Wildman–Crippen MR) is 79.7 cm³/mol. The minimum Gasteiger partial charge on any atom is -0.358 e. The van der Waals surface area contributed by atoms with Gasteiger partial charge in [0.1, 0.15) is 0 Å². The lowest BCUT2D eigenvalue weighted by Gasteiger charge is -2.05. The molecule has 3 aromatic rings. The fourth-order valence-electron chi connectivity index (χ4n) is 2.50. The Hall–Kier alpha value is -2.07. The summed E-state index contributed by atoms with van der Waals surface area (Å²) in [7, 11) is -3.51. The Bertz CT molecular complexity index is 892. The molecule has 0 aliphatic carbocycles. The number of benzene rings is 2. The topological polar surface area (TPSA) is 49.9 Å². The van der Waals surface area contributed by atoms with Gasteiger partial charge < -0.3 is 4.98 Å². The Kier molecular flexibility index (Phi) is 2.91. The number of aryl methyl sites for hydroxylation is 2. The number of sulfone groups is 1. The van der Waals surface area contributed by atoms with E-state index in [1.807, 2.05) is 37.3 Å². The Morgan fingerprint density at radius 1 is 0.950 bits per heavy atom. The molecule has 0 amide bonds. The van der Waals surface area contributed by atoms with E-state index < -0.39 is 9.84 Å². The van der Waals surface area contributed by atoms with Gasteiger partial charge in [0, 0.05) is 16.6 Å². The molecule has 1 N–H and O–H groups in total. The molecular formula is C16H15NO2S. The van der Waals surface area contributed by atoms with E-state index in [4.69, 9.17) is 0 Å². The number of aromatic nitrogens is 1. The van der Waals surface area contributed by atoms with Crippen LogP contribution in [0, 0.1) is 13.8 Å². The standard InChI is InChI=1S/C16H15NO2S/c1-11-6-5-7-13(10-11)20(18,19)16-12(2)17-15-9-4-3-8-14(15)16/h3-10,17H,1-2H3. The molecule has 0 unspecified atom stereocenters. The maximum atomic E-state index is 12.9. The van der Waals surface area contributed by atoms with Gasteiger partial charge in [-0.1, -0.05) is 30.3 Å². The molecule has 3 rings (SSSR count). The lowest BCUT2D eigenvalue weighted by Crippen LogP contribution is -2.03. The van der Waals surface area contributed by atoms with Gasteiger partial charge in [0.2, 0.25) is 9.84 Å². The number of aromatic amines is 1. The highest BCUT2D eigenvalue weighted by Gasteiger charge is 2.24. The zero-order valence-corrected chi connectivity index (χ0v) is 12.2. The average molecular weight is 285 g/mol. The first-order chi connectivity index (χ1) is 9.50. The maximum Gasteiger partial charge on any atom is 0.208 e. The first-order valence-electron chi connectivity index (χ1n) is 6.39. The molecule has 1 heterocycles. The SMILES string of the molecule is Cc1cccc(S(=O)(=O)c2c(C)[nH]c3ccccc23)c1. The van der Waals surface area contributed by atoms with Crippen LogP contribution < -0.4 is 0 Å². The van der Waals surface area contributed by atoms with Gasteiger partial charge in [-0.15, -0.1) is 0 Å². The number of H-pyrrole nitrogens is 1. The molecule has 0 aliphatic rings. The van der Waals surface area contributed by atoms with Gasteiger partial charge >= 0.3 is 0 Å². The first kappa shape index (κ1) is 12.9. The summed E-state index contributed by atoms with van der Waals surface area (Å²) in [4.78, 5) is 3.85. The fraction of sp³-hybridized carbons (Fsp3) is 0.125. The van der Waals surface area contributed by atoms with Gasteiger partial charge in [-0.05, 0) is 37.6 Å². The first-order valence-corrected chi connectivity index (χ1v) is 7.87. The fourth-order valence-corrected chi connectivity index (χ4v) is 4.25. The minimum absolute atomic E-state index is 0.338. The van der Waals surface area contributed by atoms with Crippen molar-refractivity contribution in [2.75, 3.05) is 0 Å². The third-order valence-corrected chi connectivity index (χ3v) is 5.34. The highest BCUT2D eigenvalue weighted by atomic mass is 32.2. The molecule has 4 heteroatoms. The molecule has 0 bridgehead atoms. The molecule has 0 saturated carbocycles. The van der Waals surface area contributed by atoms with Crippen LogP contribution in [0.15, 0.2) is 58.3 Å². The van der Waals surface area contributed by atoms with E-state index in [2.05, 4.69) is 4.98 Å². The maximum absolute atomic E-state index is 12.9. The van der Waals surface area contributed by atoms with Crippen molar-refractivity contribution in [3.63, 3.8) is 0 Å².